The molecule has 2 fully saturated rings. The third-order valence-corrected chi connectivity index (χ3v) is 5.75. The molecule has 2 aliphatic heterocycles. The average molecular weight is 330 g/mol. The number of likely N-dealkylation sites (tertiary alicyclic amines) is 1. The van der Waals surface area contributed by atoms with Crippen LogP contribution < -0.4 is 4.90 Å². The van der Waals surface area contributed by atoms with E-state index in [9.17, 15) is 9.59 Å². The Kier molecular flexibility index (Phi) is 3.26. The Labute approximate surface area is 138 Å². The second kappa shape index (κ2) is 5.19. The predicted octanol–water partition coefficient (Wildman–Crippen LogP) is 1.75. The summed E-state index contributed by atoms with van der Waals surface area (Å²) in [5, 5.41) is 6.05. The Balaban J connectivity index is 1.52. The van der Waals surface area contributed by atoms with E-state index in [4.69, 9.17) is 0 Å². The maximum Gasteiger partial charge on any atom is 0.263 e. The summed E-state index contributed by atoms with van der Waals surface area (Å²) in [4.78, 5) is 29.8. The first-order valence-electron chi connectivity index (χ1n) is 7.72. The van der Waals surface area contributed by atoms with Crippen molar-refractivity contribution in [3.05, 3.63) is 34.8 Å². The molecule has 4 rings (SSSR count). The first-order chi connectivity index (χ1) is 11.1. The number of nitrogens with zero attached hydrogens (tertiary/aromatic N) is 4. The number of rotatable bonds is 2. The van der Waals surface area contributed by atoms with Crippen molar-refractivity contribution in [2.24, 2.45) is 12.5 Å². The van der Waals surface area contributed by atoms with E-state index in [0.717, 1.165) is 23.4 Å². The molecule has 7 heteroatoms. The minimum Gasteiger partial charge on any atom is -0.337 e. The monoisotopic (exact) mass is 330 g/mol. The summed E-state index contributed by atoms with van der Waals surface area (Å²) >= 11 is 1.45. The van der Waals surface area contributed by atoms with Gasteiger partial charge in [0, 0.05) is 32.9 Å². The normalized spacial score (nSPS) is 24.1. The summed E-state index contributed by atoms with van der Waals surface area (Å²) in [6.07, 6.45) is 5.13. The molecule has 0 radical (unpaired) electrons. The van der Waals surface area contributed by atoms with E-state index in [1.54, 1.807) is 10.9 Å². The quantitative estimate of drug-likeness (QED) is 0.843. The van der Waals surface area contributed by atoms with Crippen molar-refractivity contribution < 1.29 is 9.59 Å². The fraction of sp³-hybridized carbons (Fsp3) is 0.438. The lowest BCUT2D eigenvalue weighted by Gasteiger charge is -2.23. The van der Waals surface area contributed by atoms with Crippen molar-refractivity contribution >= 4 is 28.8 Å². The predicted molar refractivity (Wildman–Crippen MR) is 87.5 cm³/mol. The first-order valence-corrected chi connectivity index (χ1v) is 8.60. The maximum absolute atomic E-state index is 12.9. The molecule has 0 aromatic carbocycles. The lowest BCUT2D eigenvalue weighted by Crippen LogP contribution is -2.38. The van der Waals surface area contributed by atoms with Gasteiger partial charge < -0.3 is 9.80 Å². The van der Waals surface area contributed by atoms with Crippen LogP contribution in [0.15, 0.2) is 29.9 Å². The van der Waals surface area contributed by atoms with E-state index in [2.05, 4.69) is 5.10 Å². The van der Waals surface area contributed by atoms with Gasteiger partial charge in [-0.25, -0.2) is 0 Å². The molecular weight excluding hydrogens is 312 g/mol. The zero-order chi connectivity index (χ0) is 16.0. The van der Waals surface area contributed by atoms with Crippen molar-refractivity contribution in [1.29, 1.82) is 0 Å². The molecule has 2 aliphatic rings. The number of thiophene rings is 1. The third kappa shape index (κ3) is 2.26. The molecule has 4 heterocycles. The largest absolute Gasteiger partial charge is 0.337 e. The van der Waals surface area contributed by atoms with Crippen LogP contribution in [0, 0.1) is 5.41 Å². The van der Waals surface area contributed by atoms with Gasteiger partial charge in [0.2, 0.25) is 5.91 Å². The summed E-state index contributed by atoms with van der Waals surface area (Å²) < 4.78 is 1.70. The smallest absolute Gasteiger partial charge is 0.263 e. The number of carbonyl (C=O) groups is 2. The molecule has 0 N–H and O–H groups in total. The second-order valence-electron chi connectivity index (χ2n) is 6.31. The van der Waals surface area contributed by atoms with Gasteiger partial charge in [0.15, 0.2) is 0 Å². The van der Waals surface area contributed by atoms with Crippen molar-refractivity contribution in [2.45, 2.75) is 12.8 Å². The van der Waals surface area contributed by atoms with Gasteiger partial charge in [-0.2, -0.15) is 5.10 Å². The third-order valence-electron chi connectivity index (χ3n) is 4.89. The second-order valence-corrected chi connectivity index (χ2v) is 7.26. The number of anilines is 1. The minimum absolute atomic E-state index is 0.0458. The fourth-order valence-electron chi connectivity index (χ4n) is 3.60. The van der Waals surface area contributed by atoms with Crippen LogP contribution in [0.2, 0.25) is 0 Å². The van der Waals surface area contributed by atoms with Gasteiger partial charge >= 0.3 is 0 Å². The van der Waals surface area contributed by atoms with Crippen molar-refractivity contribution in [1.82, 2.24) is 14.7 Å². The Morgan fingerprint density at radius 2 is 2.17 bits per heavy atom. The topological polar surface area (TPSA) is 58.4 Å². The zero-order valence-corrected chi connectivity index (χ0v) is 13.8. The van der Waals surface area contributed by atoms with Crippen LogP contribution >= 0.6 is 11.3 Å². The molecule has 120 valence electrons. The molecule has 0 bridgehead atoms. The fourth-order valence-corrected chi connectivity index (χ4v) is 4.29. The van der Waals surface area contributed by atoms with Crippen LogP contribution in [-0.4, -0.2) is 46.1 Å². The van der Waals surface area contributed by atoms with E-state index in [1.165, 1.54) is 11.3 Å². The number of hydrogen-bond acceptors (Lipinski definition) is 4. The molecule has 0 unspecified atom stereocenters. The lowest BCUT2D eigenvalue weighted by molar-refractivity contribution is -0.124. The highest BCUT2D eigenvalue weighted by Crippen LogP contribution is 2.42. The Morgan fingerprint density at radius 1 is 1.35 bits per heavy atom. The highest BCUT2D eigenvalue weighted by molar-refractivity contribution is 7.12. The van der Waals surface area contributed by atoms with Crippen molar-refractivity contribution in [3.8, 4) is 0 Å². The Morgan fingerprint density at radius 3 is 2.87 bits per heavy atom. The summed E-state index contributed by atoms with van der Waals surface area (Å²) in [5.41, 5.74) is 0.431. The molecule has 6 nitrogen and oxygen atoms in total. The molecule has 2 aromatic heterocycles. The van der Waals surface area contributed by atoms with Crippen molar-refractivity contribution in [2.75, 3.05) is 24.5 Å². The molecule has 2 amide bonds. The number of carbonyl (C=O) groups excluding carboxylic acids is 2. The van der Waals surface area contributed by atoms with E-state index in [0.29, 0.717) is 19.6 Å². The number of aryl methyl sites for hydroxylation is 1. The number of hydrogen-bond donors (Lipinski definition) is 0. The standard InChI is InChI=1S/C16H18N4O2S/c1-18-10-12(9-17-18)20-7-5-16(15(20)22)4-6-19(11-16)14(21)13-3-2-8-23-13/h2-3,8-10H,4-7,11H2,1H3/t16-/m1/s1. The molecule has 23 heavy (non-hydrogen) atoms. The molecule has 2 saturated heterocycles. The molecular formula is C16H18N4O2S. The molecule has 0 saturated carbocycles. The van der Waals surface area contributed by atoms with Crippen LogP contribution in [0.25, 0.3) is 0 Å². The Bertz CT molecular complexity index is 754. The highest BCUT2D eigenvalue weighted by Gasteiger charge is 2.52. The van der Waals surface area contributed by atoms with Crippen LogP contribution in [-0.2, 0) is 11.8 Å². The van der Waals surface area contributed by atoms with E-state index in [-0.39, 0.29) is 11.8 Å². The van der Waals surface area contributed by atoms with Crippen LogP contribution in [0.3, 0.4) is 0 Å². The van der Waals surface area contributed by atoms with Gasteiger partial charge in [-0.15, -0.1) is 11.3 Å². The summed E-state index contributed by atoms with van der Waals surface area (Å²) in [6.45, 7) is 1.88. The van der Waals surface area contributed by atoms with E-state index in [1.807, 2.05) is 40.6 Å². The van der Waals surface area contributed by atoms with Gasteiger partial charge in [-0.05, 0) is 24.3 Å². The van der Waals surface area contributed by atoms with Crippen molar-refractivity contribution in [3.63, 3.8) is 0 Å². The molecule has 2 aromatic rings. The lowest BCUT2D eigenvalue weighted by atomic mass is 9.85. The van der Waals surface area contributed by atoms with E-state index >= 15 is 0 Å². The SMILES string of the molecule is Cn1cc(N2CC[C@@]3(CCN(C(=O)c4cccs4)C3)C2=O)cn1. The summed E-state index contributed by atoms with van der Waals surface area (Å²) in [7, 11) is 1.84. The van der Waals surface area contributed by atoms with Crippen LogP contribution in [0.5, 0.6) is 0 Å². The number of amides is 2. The van der Waals surface area contributed by atoms with Crippen LogP contribution in [0.1, 0.15) is 22.5 Å². The summed E-state index contributed by atoms with van der Waals surface area (Å²) in [5.74, 6) is 0.177. The minimum atomic E-state index is -0.414. The zero-order valence-electron chi connectivity index (χ0n) is 12.9. The Hall–Kier alpha value is -2.15. The average Bonchev–Trinajstić information content (AvgIpc) is 3.30. The van der Waals surface area contributed by atoms with Gasteiger partial charge in [-0.3, -0.25) is 14.3 Å². The van der Waals surface area contributed by atoms with Gasteiger partial charge in [-0.1, -0.05) is 6.07 Å². The molecule has 1 atom stereocenters. The van der Waals surface area contributed by atoms with E-state index < -0.39 is 5.41 Å². The summed E-state index contributed by atoms with van der Waals surface area (Å²) in [6, 6.07) is 3.73. The highest BCUT2D eigenvalue weighted by atomic mass is 32.1. The molecule has 1 spiro atoms. The number of aromatic nitrogens is 2. The van der Waals surface area contributed by atoms with Gasteiger partial charge in [0.1, 0.15) is 0 Å². The van der Waals surface area contributed by atoms with Gasteiger partial charge in [0.05, 0.1) is 22.2 Å². The molecule has 0 aliphatic carbocycles. The van der Waals surface area contributed by atoms with Crippen LogP contribution in [0.4, 0.5) is 5.69 Å². The maximum atomic E-state index is 12.9. The first kappa shape index (κ1) is 14.4. The van der Waals surface area contributed by atoms with Gasteiger partial charge in [0.25, 0.3) is 5.91 Å².